The summed E-state index contributed by atoms with van der Waals surface area (Å²) in [5, 5.41) is 16.7. The van der Waals surface area contributed by atoms with E-state index >= 15 is 0 Å². The summed E-state index contributed by atoms with van der Waals surface area (Å²) < 4.78 is 27.8. The number of fused-ring (bicyclic) bond motifs is 1. The second kappa shape index (κ2) is 8.68. The molecule has 0 unspecified atom stereocenters. The van der Waals surface area contributed by atoms with Crippen molar-refractivity contribution in [3.63, 3.8) is 0 Å². The summed E-state index contributed by atoms with van der Waals surface area (Å²) in [4.78, 5) is 28.2. The van der Waals surface area contributed by atoms with Crippen LogP contribution in [0.3, 0.4) is 0 Å². The number of nitrogens with one attached hydrogen (secondary N) is 2. The van der Waals surface area contributed by atoms with Crippen molar-refractivity contribution in [1.82, 2.24) is 25.5 Å². The van der Waals surface area contributed by atoms with Crippen molar-refractivity contribution in [1.29, 1.82) is 0 Å². The fourth-order valence-corrected chi connectivity index (χ4v) is 5.03. The van der Waals surface area contributed by atoms with E-state index in [0.29, 0.717) is 29.6 Å². The highest BCUT2D eigenvalue weighted by Crippen LogP contribution is 2.41. The van der Waals surface area contributed by atoms with Crippen LogP contribution in [0.5, 0.6) is 0 Å². The van der Waals surface area contributed by atoms with Crippen molar-refractivity contribution in [3.05, 3.63) is 59.7 Å². The first-order valence-corrected chi connectivity index (χ1v) is 10.9. The first-order chi connectivity index (χ1) is 16.0. The summed E-state index contributed by atoms with van der Waals surface area (Å²) in [6.45, 7) is 0. The molecule has 8 nitrogen and oxygen atoms in total. The van der Waals surface area contributed by atoms with E-state index < -0.39 is 23.6 Å². The molecule has 0 radical (unpaired) electrons. The number of anilines is 1. The molecule has 3 aromatic rings. The van der Waals surface area contributed by atoms with Crippen LogP contribution in [0.25, 0.3) is 11.4 Å². The van der Waals surface area contributed by atoms with E-state index in [1.165, 1.54) is 4.90 Å². The molecule has 2 heterocycles. The standard InChI is InChI=1S/C23H22F2N6O2/c24-15-8-9-17(18(25)12-15)23(33)31-19-7-2-1-4-13(19)11-20(31)22(32)26-16-6-3-5-14(10-16)21-27-29-30-28-21/h3,5-6,8-10,12-13,19-20H,1-2,4,7,11H2,(H,26,32)(H,27,28,29,30)/t13-,19-,20-/m0/s1. The van der Waals surface area contributed by atoms with Crippen LogP contribution in [0.4, 0.5) is 14.5 Å². The third-order valence-corrected chi connectivity index (χ3v) is 6.52. The van der Waals surface area contributed by atoms with Gasteiger partial charge in [-0.15, -0.1) is 10.2 Å². The molecule has 3 atom stereocenters. The second-order valence-electron chi connectivity index (χ2n) is 8.51. The number of halogens is 2. The van der Waals surface area contributed by atoms with Crippen LogP contribution in [0, 0.1) is 17.6 Å². The monoisotopic (exact) mass is 452 g/mol. The van der Waals surface area contributed by atoms with Crippen LogP contribution in [-0.4, -0.2) is 49.4 Å². The Balaban J connectivity index is 1.42. The molecule has 0 bridgehead atoms. The predicted molar refractivity (Wildman–Crippen MR) is 115 cm³/mol. The van der Waals surface area contributed by atoms with Crippen LogP contribution < -0.4 is 5.32 Å². The Morgan fingerprint density at radius 1 is 1.09 bits per heavy atom. The zero-order chi connectivity index (χ0) is 22.9. The number of rotatable bonds is 4. The van der Waals surface area contributed by atoms with Crippen molar-refractivity contribution in [2.24, 2.45) is 5.92 Å². The zero-order valence-corrected chi connectivity index (χ0v) is 17.7. The Morgan fingerprint density at radius 2 is 1.94 bits per heavy atom. The van der Waals surface area contributed by atoms with Crippen molar-refractivity contribution in [2.45, 2.75) is 44.2 Å². The van der Waals surface area contributed by atoms with Crippen LogP contribution >= 0.6 is 0 Å². The van der Waals surface area contributed by atoms with Gasteiger partial charge in [-0.1, -0.05) is 25.0 Å². The third-order valence-electron chi connectivity index (χ3n) is 6.52. The van der Waals surface area contributed by atoms with Crippen LogP contribution in [0.1, 0.15) is 42.5 Å². The number of nitrogens with zero attached hydrogens (tertiary/aromatic N) is 4. The van der Waals surface area contributed by atoms with Gasteiger partial charge < -0.3 is 10.2 Å². The lowest BCUT2D eigenvalue weighted by atomic mass is 9.84. The number of carbonyl (C=O) groups excluding carboxylic acids is 2. The normalized spacial score (nSPS) is 22.1. The summed E-state index contributed by atoms with van der Waals surface area (Å²) in [7, 11) is 0. The fraction of sp³-hybridized carbons (Fsp3) is 0.348. The van der Waals surface area contributed by atoms with E-state index in [1.54, 1.807) is 24.3 Å². The minimum absolute atomic E-state index is 0.142. The molecule has 5 rings (SSSR count). The number of hydrogen-bond acceptors (Lipinski definition) is 5. The van der Waals surface area contributed by atoms with Crippen molar-refractivity contribution >= 4 is 17.5 Å². The molecule has 2 amide bonds. The first kappa shape index (κ1) is 21.2. The van der Waals surface area contributed by atoms with Crippen molar-refractivity contribution < 1.29 is 18.4 Å². The second-order valence-corrected chi connectivity index (χ2v) is 8.51. The van der Waals surface area contributed by atoms with E-state index in [2.05, 4.69) is 25.9 Å². The van der Waals surface area contributed by atoms with Crippen LogP contribution in [0.15, 0.2) is 42.5 Å². The molecule has 10 heteroatoms. The Bertz CT molecular complexity index is 1190. The number of likely N-dealkylation sites (tertiary alicyclic amines) is 1. The zero-order valence-electron chi connectivity index (χ0n) is 17.7. The topological polar surface area (TPSA) is 104 Å². The maximum Gasteiger partial charge on any atom is 0.257 e. The number of amides is 2. The molecule has 1 saturated heterocycles. The Kier molecular flexibility index (Phi) is 5.57. The molecule has 2 fully saturated rings. The summed E-state index contributed by atoms with van der Waals surface area (Å²) in [5.74, 6) is -2.04. The summed E-state index contributed by atoms with van der Waals surface area (Å²) in [6, 6.07) is 9.01. The Morgan fingerprint density at radius 3 is 2.73 bits per heavy atom. The first-order valence-electron chi connectivity index (χ1n) is 10.9. The van der Waals surface area contributed by atoms with Gasteiger partial charge in [0.2, 0.25) is 11.7 Å². The third kappa shape index (κ3) is 4.08. The van der Waals surface area contributed by atoms with Gasteiger partial charge in [0.15, 0.2) is 0 Å². The molecule has 1 aliphatic carbocycles. The van der Waals surface area contributed by atoms with Gasteiger partial charge in [-0.25, -0.2) is 8.78 Å². The average Bonchev–Trinajstić information content (AvgIpc) is 3.47. The smallest absolute Gasteiger partial charge is 0.257 e. The number of H-pyrrole nitrogens is 1. The van der Waals surface area contributed by atoms with Gasteiger partial charge in [0.25, 0.3) is 5.91 Å². The summed E-state index contributed by atoms with van der Waals surface area (Å²) >= 11 is 0. The van der Waals surface area contributed by atoms with Gasteiger partial charge in [-0.05, 0) is 54.7 Å². The largest absolute Gasteiger partial charge is 0.324 e. The molecular weight excluding hydrogens is 430 g/mol. The van der Waals surface area contributed by atoms with Gasteiger partial charge in [0.1, 0.15) is 17.7 Å². The summed E-state index contributed by atoms with van der Waals surface area (Å²) in [6.07, 6.45) is 4.16. The van der Waals surface area contributed by atoms with E-state index in [4.69, 9.17) is 0 Å². The molecular formula is C23H22F2N6O2. The number of aromatic amines is 1. The lowest BCUT2D eigenvalue weighted by Gasteiger charge is -2.33. The lowest BCUT2D eigenvalue weighted by molar-refractivity contribution is -0.120. The van der Waals surface area contributed by atoms with Gasteiger partial charge in [-0.3, -0.25) is 9.59 Å². The van der Waals surface area contributed by atoms with Gasteiger partial charge in [-0.2, -0.15) is 5.21 Å². The maximum atomic E-state index is 14.4. The molecule has 2 aromatic carbocycles. The molecule has 1 aromatic heterocycles. The molecule has 2 aliphatic rings. The van der Waals surface area contributed by atoms with Gasteiger partial charge in [0, 0.05) is 23.4 Å². The number of hydrogen-bond donors (Lipinski definition) is 2. The molecule has 33 heavy (non-hydrogen) atoms. The predicted octanol–water partition coefficient (Wildman–Crippen LogP) is 3.56. The SMILES string of the molecule is O=C(Nc1cccc(-c2nn[nH]n2)c1)[C@@H]1C[C@@H]2CCCC[C@@H]2N1C(=O)c1ccc(F)cc1F. The fourth-order valence-electron chi connectivity index (χ4n) is 5.03. The molecule has 1 aliphatic heterocycles. The number of carbonyl (C=O) groups is 2. The van der Waals surface area contributed by atoms with E-state index in [1.807, 2.05) is 0 Å². The summed E-state index contributed by atoms with van der Waals surface area (Å²) in [5.41, 5.74) is 0.972. The average molecular weight is 452 g/mol. The van der Waals surface area contributed by atoms with E-state index in [-0.39, 0.29) is 23.4 Å². The molecule has 170 valence electrons. The number of benzene rings is 2. The minimum Gasteiger partial charge on any atom is -0.324 e. The van der Waals surface area contributed by atoms with Crippen molar-refractivity contribution in [2.75, 3.05) is 5.32 Å². The highest BCUT2D eigenvalue weighted by atomic mass is 19.1. The van der Waals surface area contributed by atoms with E-state index in [9.17, 15) is 18.4 Å². The molecule has 1 saturated carbocycles. The highest BCUT2D eigenvalue weighted by molar-refractivity contribution is 6.02. The van der Waals surface area contributed by atoms with Crippen LogP contribution in [0.2, 0.25) is 0 Å². The minimum atomic E-state index is -0.925. The Hall–Kier alpha value is -3.69. The maximum absolute atomic E-state index is 14.4. The van der Waals surface area contributed by atoms with Gasteiger partial charge in [0.05, 0.1) is 5.56 Å². The highest BCUT2D eigenvalue weighted by Gasteiger charge is 2.48. The molecule has 0 spiro atoms. The van der Waals surface area contributed by atoms with Crippen LogP contribution in [-0.2, 0) is 4.79 Å². The van der Waals surface area contributed by atoms with E-state index in [0.717, 1.165) is 37.8 Å². The Labute approximate surface area is 188 Å². The quantitative estimate of drug-likeness (QED) is 0.630. The number of tetrazole rings is 1. The molecule has 2 N–H and O–H groups in total. The van der Waals surface area contributed by atoms with Gasteiger partial charge >= 0.3 is 0 Å². The number of aromatic nitrogens is 4. The lowest BCUT2D eigenvalue weighted by Crippen LogP contribution is -2.48. The van der Waals surface area contributed by atoms with Crippen molar-refractivity contribution in [3.8, 4) is 11.4 Å².